The predicted octanol–water partition coefficient (Wildman–Crippen LogP) is 2.72. The lowest BCUT2D eigenvalue weighted by molar-refractivity contribution is -0.557. The number of nitrogens with one attached hydrogen (secondary N) is 1. The van der Waals surface area contributed by atoms with Gasteiger partial charge >= 0.3 is 6.18 Å². The average Bonchev–Trinajstić information content (AvgIpc) is 3.08. The fourth-order valence-electron chi connectivity index (χ4n) is 3.77. The molecule has 10 heteroatoms. The van der Waals surface area contributed by atoms with E-state index in [1.54, 1.807) is 6.21 Å². The van der Waals surface area contributed by atoms with E-state index in [1.807, 2.05) is 11.8 Å². The van der Waals surface area contributed by atoms with Crippen LogP contribution in [0.15, 0.2) is 29.3 Å². The second-order valence-electron chi connectivity index (χ2n) is 7.66. The summed E-state index contributed by atoms with van der Waals surface area (Å²) in [5.41, 5.74) is -0.456. The normalized spacial score (nSPS) is 28.0. The Kier molecular flexibility index (Phi) is 6.55. The monoisotopic (exact) mass is 414 g/mol. The molecule has 1 aromatic rings. The van der Waals surface area contributed by atoms with Crippen LogP contribution in [0.1, 0.15) is 30.9 Å². The number of rotatable bonds is 7. The Morgan fingerprint density at radius 1 is 1.38 bits per heavy atom. The molecule has 0 aliphatic carbocycles. The Hall–Kier alpha value is -2.04. The maximum Gasteiger partial charge on any atom is 0.416 e. The molecule has 7 nitrogen and oxygen atoms in total. The van der Waals surface area contributed by atoms with Crippen LogP contribution in [0.25, 0.3) is 0 Å². The van der Waals surface area contributed by atoms with E-state index >= 15 is 0 Å². The minimum absolute atomic E-state index is 0.246. The number of piperidine rings is 1. The number of hydrogen-bond donors (Lipinski definition) is 1. The van der Waals surface area contributed by atoms with Crippen LogP contribution in [0.3, 0.4) is 0 Å². The molecule has 1 fully saturated rings. The Morgan fingerprint density at radius 2 is 2.10 bits per heavy atom. The molecule has 160 valence electrons. The van der Waals surface area contributed by atoms with Gasteiger partial charge in [-0.15, -0.1) is 0 Å². The summed E-state index contributed by atoms with van der Waals surface area (Å²) in [4.78, 5) is 17.5. The van der Waals surface area contributed by atoms with Gasteiger partial charge in [0.15, 0.2) is 0 Å². The van der Waals surface area contributed by atoms with Crippen LogP contribution in [-0.2, 0) is 17.3 Å². The molecular weight excluding hydrogens is 389 g/mol. The van der Waals surface area contributed by atoms with E-state index in [1.165, 1.54) is 12.1 Å². The number of benzene rings is 1. The topological polar surface area (TPSA) is 80.0 Å². The molecule has 0 radical (unpaired) electrons. The molecule has 2 heterocycles. The summed E-state index contributed by atoms with van der Waals surface area (Å²) in [7, 11) is 0. The minimum atomic E-state index is -4.35. The molecule has 3 unspecified atom stereocenters. The van der Waals surface area contributed by atoms with Crippen molar-refractivity contribution in [2.45, 2.75) is 50.3 Å². The summed E-state index contributed by atoms with van der Waals surface area (Å²) in [6, 6.07) is 4.97. The number of halogens is 3. The van der Waals surface area contributed by atoms with Gasteiger partial charge in [-0.3, -0.25) is 20.4 Å². The maximum absolute atomic E-state index is 12.6. The van der Waals surface area contributed by atoms with Crippen molar-refractivity contribution in [2.75, 3.05) is 26.2 Å². The van der Waals surface area contributed by atoms with Crippen molar-refractivity contribution in [3.05, 3.63) is 45.5 Å². The highest BCUT2D eigenvalue weighted by molar-refractivity contribution is 5.63. The van der Waals surface area contributed by atoms with Crippen LogP contribution in [0.5, 0.6) is 0 Å². The van der Waals surface area contributed by atoms with Crippen molar-refractivity contribution in [1.82, 2.24) is 10.2 Å². The number of alkyl halides is 3. The number of aliphatic imine (C=N–C) groups is 1. The third-order valence-corrected chi connectivity index (χ3v) is 5.36. The summed E-state index contributed by atoms with van der Waals surface area (Å²) in [6.07, 6.45) is -2.26. The van der Waals surface area contributed by atoms with E-state index in [2.05, 4.69) is 10.3 Å². The van der Waals surface area contributed by atoms with Crippen molar-refractivity contribution in [3.63, 3.8) is 0 Å². The Morgan fingerprint density at radius 3 is 2.69 bits per heavy atom. The lowest BCUT2D eigenvalue weighted by Gasteiger charge is -2.37. The standard InChI is InChI=1S/C19H25F3N4O3/c1-18(23-8-9-24-18)13-25-10-6-16(12-17(25)26(27)28)29-11-7-14-2-4-15(5-3-14)19(20,21)22/h2-5,8,16-17,24H,6-7,9-13H2,1H3. The predicted molar refractivity (Wildman–Crippen MR) is 101 cm³/mol. The first-order chi connectivity index (χ1) is 13.7. The van der Waals surface area contributed by atoms with Gasteiger partial charge in [0.1, 0.15) is 5.66 Å². The zero-order chi connectivity index (χ0) is 21.1. The van der Waals surface area contributed by atoms with Gasteiger partial charge in [0.2, 0.25) is 0 Å². The zero-order valence-corrected chi connectivity index (χ0v) is 16.2. The molecule has 0 spiro atoms. The maximum atomic E-state index is 12.6. The summed E-state index contributed by atoms with van der Waals surface area (Å²) >= 11 is 0. The van der Waals surface area contributed by atoms with Gasteiger partial charge in [-0.25, -0.2) is 4.90 Å². The second-order valence-corrected chi connectivity index (χ2v) is 7.66. The SMILES string of the molecule is CC1(CN2CCC(OCCc3ccc(C(F)(F)F)cc3)CC2[N+](=O)[O-])N=CCN1. The molecule has 0 aromatic heterocycles. The van der Waals surface area contributed by atoms with Gasteiger partial charge in [0.25, 0.3) is 6.17 Å². The first kappa shape index (κ1) is 21.7. The molecule has 0 amide bonds. The lowest BCUT2D eigenvalue weighted by atomic mass is 10.0. The Balaban J connectivity index is 1.49. The van der Waals surface area contributed by atoms with E-state index in [9.17, 15) is 23.3 Å². The van der Waals surface area contributed by atoms with Crippen LogP contribution >= 0.6 is 0 Å². The fourth-order valence-corrected chi connectivity index (χ4v) is 3.77. The van der Waals surface area contributed by atoms with Gasteiger partial charge in [-0.05, 0) is 37.5 Å². The number of likely N-dealkylation sites (tertiary alicyclic amines) is 1. The summed E-state index contributed by atoms with van der Waals surface area (Å²) < 4.78 is 43.6. The second kappa shape index (κ2) is 8.76. The van der Waals surface area contributed by atoms with Crippen LogP contribution in [-0.4, -0.2) is 60.2 Å². The van der Waals surface area contributed by atoms with Crippen molar-refractivity contribution < 1.29 is 22.8 Å². The molecule has 1 saturated heterocycles. The van der Waals surface area contributed by atoms with Crippen molar-refractivity contribution in [3.8, 4) is 0 Å². The molecule has 29 heavy (non-hydrogen) atoms. The minimum Gasteiger partial charge on any atom is -0.377 e. The Labute approximate surface area is 167 Å². The first-order valence-electron chi connectivity index (χ1n) is 9.60. The summed E-state index contributed by atoms with van der Waals surface area (Å²) in [6.45, 7) is 3.87. The van der Waals surface area contributed by atoms with Gasteiger partial charge in [0, 0.05) is 30.8 Å². The van der Waals surface area contributed by atoms with Crippen LogP contribution in [0.4, 0.5) is 13.2 Å². The number of ether oxygens (including phenoxy) is 1. The molecule has 2 aliphatic heterocycles. The zero-order valence-electron chi connectivity index (χ0n) is 16.2. The highest BCUT2D eigenvalue weighted by atomic mass is 19.4. The third-order valence-electron chi connectivity index (χ3n) is 5.36. The largest absolute Gasteiger partial charge is 0.416 e. The highest BCUT2D eigenvalue weighted by Gasteiger charge is 2.40. The van der Waals surface area contributed by atoms with Gasteiger partial charge in [-0.1, -0.05) is 12.1 Å². The van der Waals surface area contributed by atoms with Crippen LogP contribution < -0.4 is 5.32 Å². The lowest BCUT2D eigenvalue weighted by Crippen LogP contribution is -2.56. The molecule has 1 aromatic carbocycles. The average molecular weight is 414 g/mol. The van der Waals surface area contributed by atoms with E-state index < -0.39 is 23.6 Å². The van der Waals surface area contributed by atoms with E-state index in [0.29, 0.717) is 39.1 Å². The fraction of sp³-hybridized carbons (Fsp3) is 0.632. The van der Waals surface area contributed by atoms with E-state index in [4.69, 9.17) is 4.74 Å². The molecule has 0 bridgehead atoms. The summed E-state index contributed by atoms with van der Waals surface area (Å²) in [5, 5.41) is 14.8. The molecule has 1 N–H and O–H groups in total. The molecule has 3 atom stereocenters. The number of nitrogens with zero attached hydrogens (tertiary/aromatic N) is 3. The van der Waals surface area contributed by atoms with Crippen molar-refractivity contribution >= 4 is 6.21 Å². The van der Waals surface area contributed by atoms with Crippen molar-refractivity contribution in [2.24, 2.45) is 4.99 Å². The van der Waals surface area contributed by atoms with Crippen molar-refractivity contribution in [1.29, 1.82) is 0 Å². The Bertz CT molecular complexity index is 741. The molecular formula is C19H25F3N4O3. The van der Waals surface area contributed by atoms with Gasteiger partial charge < -0.3 is 4.74 Å². The third kappa shape index (κ3) is 5.74. The van der Waals surface area contributed by atoms with Crippen LogP contribution in [0.2, 0.25) is 0 Å². The summed E-state index contributed by atoms with van der Waals surface area (Å²) in [5.74, 6) is 0. The van der Waals surface area contributed by atoms with Gasteiger partial charge in [-0.2, -0.15) is 13.2 Å². The van der Waals surface area contributed by atoms with Gasteiger partial charge in [0.05, 0.1) is 24.7 Å². The quantitative estimate of drug-likeness (QED) is 0.548. The first-order valence-corrected chi connectivity index (χ1v) is 9.60. The number of nitro groups is 1. The van der Waals surface area contributed by atoms with E-state index in [-0.39, 0.29) is 17.4 Å². The van der Waals surface area contributed by atoms with E-state index in [0.717, 1.165) is 17.7 Å². The number of hydrogen-bond acceptors (Lipinski definition) is 6. The molecule has 3 rings (SSSR count). The molecule has 2 aliphatic rings. The molecule has 0 saturated carbocycles. The smallest absolute Gasteiger partial charge is 0.377 e. The van der Waals surface area contributed by atoms with Crippen LogP contribution in [0, 0.1) is 10.1 Å². The highest BCUT2D eigenvalue weighted by Crippen LogP contribution is 2.29.